The average molecular weight is 791 g/mol. The SMILES string of the molecule is C=CC(=O)O.C=CC(=O)O.C=CC(=O)O.C=CC(=O)O.C=CC(=O)O.C=CC(=O)O.CCC(C)(C)C.OCC(CO)(CO)CO.OCC(CO)(CO)CO. The second kappa shape index (κ2) is 50.0. The molecule has 0 atom stereocenters. The van der Waals surface area contributed by atoms with E-state index in [1.54, 1.807) is 0 Å². The van der Waals surface area contributed by atoms with Crippen molar-refractivity contribution in [3.63, 3.8) is 0 Å². The molecule has 0 radical (unpaired) electrons. The van der Waals surface area contributed by atoms with E-state index in [1.807, 2.05) is 0 Å². The molecule has 54 heavy (non-hydrogen) atoms. The molecule has 0 rings (SSSR count). The fraction of sp³-hybridized carbons (Fsp3) is 0.471. The molecule has 0 aliphatic heterocycles. The molecule has 0 amide bonds. The van der Waals surface area contributed by atoms with Crippen molar-refractivity contribution >= 4 is 35.8 Å². The number of hydrogen-bond acceptors (Lipinski definition) is 14. The van der Waals surface area contributed by atoms with Gasteiger partial charge in [-0.3, -0.25) is 0 Å². The minimum absolute atomic E-state index is 0.406. The average Bonchev–Trinajstić information content (AvgIpc) is 3.15. The number of aliphatic carboxylic acids is 6. The molecule has 0 aromatic rings. The maximum Gasteiger partial charge on any atom is 0.327 e. The van der Waals surface area contributed by atoms with Crippen molar-refractivity contribution < 1.29 is 100 Å². The minimum Gasteiger partial charge on any atom is -0.478 e. The maximum atomic E-state index is 9.25. The van der Waals surface area contributed by atoms with Crippen LogP contribution in [0.4, 0.5) is 0 Å². The lowest BCUT2D eigenvalue weighted by molar-refractivity contribution is -0.132. The van der Waals surface area contributed by atoms with Crippen LogP contribution < -0.4 is 0 Å². The maximum absolute atomic E-state index is 9.25. The lowest BCUT2D eigenvalue weighted by atomic mass is 9.93. The molecule has 0 aliphatic rings. The quantitative estimate of drug-likeness (QED) is 0.102. The van der Waals surface area contributed by atoms with Crippen LogP contribution >= 0.6 is 0 Å². The molecule has 14 N–H and O–H groups in total. The van der Waals surface area contributed by atoms with Gasteiger partial charge in [0.15, 0.2) is 0 Å². The van der Waals surface area contributed by atoms with Crippen LogP contribution in [0.3, 0.4) is 0 Å². The zero-order valence-electron chi connectivity index (χ0n) is 31.3. The molecule has 0 saturated heterocycles. The van der Waals surface area contributed by atoms with Gasteiger partial charge >= 0.3 is 35.8 Å². The summed E-state index contributed by atoms with van der Waals surface area (Å²) in [6.45, 7) is 23.5. The topological polar surface area (TPSA) is 386 Å². The number of rotatable bonds is 14. The number of carboxylic acids is 6. The van der Waals surface area contributed by atoms with Gasteiger partial charge in [-0.25, -0.2) is 28.8 Å². The second-order valence-electron chi connectivity index (χ2n) is 10.4. The fourth-order valence-corrected chi connectivity index (χ4v) is 0.600. The van der Waals surface area contributed by atoms with E-state index in [0.29, 0.717) is 5.41 Å². The van der Waals surface area contributed by atoms with Gasteiger partial charge in [-0.05, 0) is 5.41 Å². The van der Waals surface area contributed by atoms with Crippen molar-refractivity contribution in [2.75, 3.05) is 52.9 Å². The Hall–Kier alpha value is -5.06. The molecular formula is C34H62O20. The Bertz CT molecular complexity index is 826. The lowest BCUT2D eigenvalue weighted by Crippen LogP contribution is -2.37. The van der Waals surface area contributed by atoms with E-state index in [4.69, 9.17) is 71.5 Å². The van der Waals surface area contributed by atoms with E-state index in [9.17, 15) is 28.8 Å². The molecule has 0 unspecified atom stereocenters. The van der Waals surface area contributed by atoms with Crippen LogP contribution in [-0.4, -0.2) is 160 Å². The summed E-state index contributed by atoms with van der Waals surface area (Å²) in [6.07, 6.45) is 6.27. The summed E-state index contributed by atoms with van der Waals surface area (Å²) in [4.78, 5) is 55.5. The Balaban J connectivity index is -0.0000000610. The summed E-state index contributed by atoms with van der Waals surface area (Å²) >= 11 is 0. The van der Waals surface area contributed by atoms with E-state index in [-0.39, 0.29) is 0 Å². The molecule has 0 bridgehead atoms. The van der Waals surface area contributed by atoms with Crippen molar-refractivity contribution in [3.05, 3.63) is 75.9 Å². The number of aliphatic hydroxyl groups excluding tert-OH is 8. The summed E-state index contributed by atoms with van der Waals surface area (Å²) < 4.78 is 0. The fourth-order valence-electron chi connectivity index (χ4n) is 0.600. The Morgan fingerprint density at radius 2 is 0.444 bits per heavy atom. The normalized spacial score (nSPS) is 8.89. The monoisotopic (exact) mass is 790 g/mol. The number of hydrogen-bond donors (Lipinski definition) is 14. The van der Waals surface area contributed by atoms with Crippen LogP contribution in [0.1, 0.15) is 34.1 Å². The highest BCUT2D eigenvalue weighted by molar-refractivity contribution is 5.80. The standard InChI is InChI=1S/C6H14.2C5H12O4.6C3H4O2/c1-5-6(2,3)4;2*6-1-5(2-7,3-8)4-9;6*1-2-3(4)5/h5H2,1-4H3;2*6-9H,1-4H2;6*2H,1H2,(H,4,5). The Morgan fingerprint density at radius 3 is 0.444 bits per heavy atom. The zero-order chi connectivity index (χ0) is 45.6. The zero-order valence-corrected chi connectivity index (χ0v) is 31.3. The van der Waals surface area contributed by atoms with Gasteiger partial charge in [-0.1, -0.05) is 73.6 Å². The van der Waals surface area contributed by atoms with Gasteiger partial charge in [0.1, 0.15) is 0 Å². The van der Waals surface area contributed by atoms with E-state index >= 15 is 0 Å². The Morgan fingerprint density at radius 1 is 0.370 bits per heavy atom. The predicted octanol–water partition coefficient (Wildman–Crippen LogP) is -0.131. The summed E-state index contributed by atoms with van der Waals surface area (Å²) in [5.74, 6) is -5.89. The third-order valence-electron chi connectivity index (χ3n) is 4.79. The molecular weight excluding hydrogens is 728 g/mol. The molecule has 20 heteroatoms. The van der Waals surface area contributed by atoms with Crippen LogP contribution in [0.25, 0.3) is 0 Å². The third-order valence-corrected chi connectivity index (χ3v) is 4.79. The summed E-state index contributed by atoms with van der Waals surface area (Å²) in [5, 5.41) is 114. The molecule has 0 aromatic heterocycles. The van der Waals surface area contributed by atoms with Gasteiger partial charge in [0.2, 0.25) is 0 Å². The highest BCUT2D eigenvalue weighted by Crippen LogP contribution is 2.16. The first-order valence-electron chi connectivity index (χ1n) is 14.7. The predicted molar refractivity (Wildman–Crippen MR) is 198 cm³/mol. The van der Waals surface area contributed by atoms with Crippen molar-refractivity contribution in [3.8, 4) is 0 Å². The van der Waals surface area contributed by atoms with Crippen LogP contribution in [0, 0.1) is 16.2 Å². The summed E-state index contributed by atoms with van der Waals surface area (Å²) in [7, 11) is 0. The number of carboxylic acid groups (broad SMARTS) is 6. The molecule has 318 valence electrons. The van der Waals surface area contributed by atoms with Gasteiger partial charge in [0.25, 0.3) is 0 Å². The van der Waals surface area contributed by atoms with Crippen LogP contribution in [0.2, 0.25) is 0 Å². The summed E-state index contributed by atoms with van der Waals surface area (Å²) in [6, 6.07) is 0. The van der Waals surface area contributed by atoms with Gasteiger partial charge in [-0.2, -0.15) is 0 Å². The van der Waals surface area contributed by atoms with E-state index in [0.717, 1.165) is 36.5 Å². The molecule has 0 aromatic carbocycles. The Labute approximate surface area is 315 Å². The van der Waals surface area contributed by atoms with E-state index < -0.39 is 99.5 Å². The smallest absolute Gasteiger partial charge is 0.327 e. The van der Waals surface area contributed by atoms with Gasteiger partial charge in [-0.15, -0.1) is 0 Å². The molecule has 0 aliphatic carbocycles. The number of aliphatic hydroxyl groups is 8. The minimum atomic E-state index is -1.11. The largest absolute Gasteiger partial charge is 0.478 e. The van der Waals surface area contributed by atoms with Crippen molar-refractivity contribution in [2.24, 2.45) is 16.2 Å². The van der Waals surface area contributed by atoms with Crippen molar-refractivity contribution in [1.82, 2.24) is 0 Å². The first-order chi connectivity index (χ1) is 24.7. The molecule has 0 spiro atoms. The first kappa shape index (κ1) is 70.5. The van der Waals surface area contributed by atoms with Crippen LogP contribution in [0.5, 0.6) is 0 Å². The number of carbonyl (C=O) groups is 6. The lowest BCUT2D eigenvalue weighted by Gasteiger charge is -2.23. The first-order valence-corrected chi connectivity index (χ1v) is 14.7. The van der Waals surface area contributed by atoms with Crippen LogP contribution in [-0.2, 0) is 28.8 Å². The van der Waals surface area contributed by atoms with Crippen LogP contribution in [0.15, 0.2) is 75.9 Å². The van der Waals surface area contributed by atoms with Gasteiger partial charge < -0.3 is 71.5 Å². The van der Waals surface area contributed by atoms with Crippen molar-refractivity contribution in [1.29, 1.82) is 0 Å². The van der Waals surface area contributed by atoms with Gasteiger partial charge in [0.05, 0.1) is 63.7 Å². The highest BCUT2D eigenvalue weighted by atomic mass is 16.4. The second-order valence-corrected chi connectivity index (χ2v) is 10.4. The third kappa shape index (κ3) is 86.0. The van der Waals surface area contributed by atoms with Crippen molar-refractivity contribution in [2.45, 2.75) is 34.1 Å². The summed E-state index contributed by atoms with van der Waals surface area (Å²) in [5.41, 5.74) is -1.68. The molecule has 0 heterocycles. The highest BCUT2D eigenvalue weighted by Gasteiger charge is 2.27. The van der Waals surface area contributed by atoms with Gasteiger partial charge in [0, 0.05) is 36.5 Å². The van der Waals surface area contributed by atoms with E-state index in [2.05, 4.69) is 67.2 Å². The Kier molecular flexibility index (Phi) is 65.4. The molecule has 0 saturated carbocycles. The van der Waals surface area contributed by atoms with E-state index in [1.165, 1.54) is 6.42 Å². The molecule has 0 fully saturated rings. The molecule has 20 nitrogen and oxygen atoms in total.